The molecule has 1 saturated carbocycles. The summed E-state index contributed by atoms with van der Waals surface area (Å²) >= 11 is 0. The zero-order chi connectivity index (χ0) is 10.7. The molecule has 14 heavy (non-hydrogen) atoms. The van der Waals surface area contributed by atoms with Crippen LogP contribution < -0.4 is 0 Å². The van der Waals surface area contributed by atoms with Gasteiger partial charge in [0, 0.05) is 19.3 Å². The Morgan fingerprint density at radius 3 is 2.64 bits per heavy atom. The number of ether oxygens (including phenoxy) is 1. The third kappa shape index (κ3) is 2.56. The quantitative estimate of drug-likeness (QED) is 0.635. The minimum Gasteiger partial charge on any atom is -0.469 e. The average Bonchev–Trinajstić information content (AvgIpc) is 2.13. The Morgan fingerprint density at radius 1 is 1.43 bits per heavy atom. The van der Waals surface area contributed by atoms with Crippen LogP contribution in [0.2, 0.25) is 0 Å². The first kappa shape index (κ1) is 11.2. The van der Waals surface area contributed by atoms with Crippen LogP contribution in [0.4, 0.5) is 0 Å². The van der Waals surface area contributed by atoms with Gasteiger partial charge < -0.3 is 4.74 Å². The zero-order valence-corrected chi connectivity index (χ0v) is 9.08. The molecule has 3 heteroatoms. The van der Waals surface area contributed by atoms with Crippen LogP contribution in [0.3, 0.4) is 0 Å². The molecular weight excluding hydrogens is 180 g/mol. The highest BCUT2D eigenvalue weighted by atomic mass is 16.5. The summed E-state index contributed by atoms with van der Waals surface area (Å²) in [6, 6.07) is 0. The maximum Gasteiger partial charge on any atom is 0.305 e. The van der Waals surface area contributed by atoms with E-state index in [-0.39, 0.29) is 17.7 Å². The van der Waals surface area contributed by atoms with E-state index in [9.17, 15) is 9.59 Å². The highest BCUT2D eigenvalue weighted by Gasteiger charge is 2.32. The third-order valence-electron chi connectivity index (χ3n) is 3.34. The molecule has 0 radical (unpaired) electrons. The molecule has 0 amide bonds. The lowest BCUT2D eigenvalue weighted by Gasteiger charge is -2.32. The van der Waals surface area contributed by atoms with Crippen molar-refractivity contribution in [2.75, 3.05) is 7.11 Å². The lowest BCUT2D eigenvalue weighted by Crippen LogP contribution is -2.31. The van der Waals surface area contributed by atoms with Crippen molar-refractivity contribution in [2.45, 2.75) is 33.1 Å². The minimum atomic E-state index is -0.205. The molecular formula is C11H18O3. The van der Waals surface area contributed by atoms with Gasteiger partial charge in [0.15, 0.2) is 0 Å². The topological polar surface area (TPSA) is 43.4 Å². The van der Waals surface area contributed by atoms with E-state index in [1.807, 2.05) is 0 Å². The Kier molecular flexibility index (Phi) is 3.67. The lowest BCUT2D eigenvalue weighted by atomic mass is 9.72. The fourth-order valence-corrected chi connectivity index (χ4v) is 2.13. The Balaban J connectivity index is 2.57. The Bertz CT molecular complexity index is 235. The summed E-state index contributed by atoms with van der Waals surface area (Å²) in [4.78, 5) is 22.5. The van der Waals surface area contributed by atoms with Crippen molar-refractivity contribution in [1.82, 2.24) is 0 Å². The summed E-state index contributed by atoms with van der Waals surface area (Å²) in [5.74, 6) is 1.09. The van der Waals surface area contributed by atoms with E-state index < -0.39 is 0 Å². The second-order valence-electron chi connectivity index (χ2n) is 4.32. The Morgan fingerprint density at radius 2 is 2.07 bits per heavy atom. The fourth-order valence-electron chi connectivity index (χ4n) is 2.13. The summed E-state index contributed by atoms with van der Waals surface area (Å²) in [6.07, 6.45) is 1.59. The van der Waals surface area contributed by atoms with Crippen LogP contribution in [0.25, 0.3) is 0 Å². The molecule has 0 spiro atoms. The van der Waals surface area contributed by atoms with Crippen LogP contribution in [-0.4, -0.2) is 18.9 Å². The maximum atomic E-state index is 11.3. The number of rotatable bonds is 2. The molecule has 0 aromatic carbocycles. The zero-order valence-electron chi connectivity index (χ0n) is 9.08. The van der Waals surface area contributed by atoms with Crippen LogP contribution in [-0.2, 0) is 14.3 Å². The second-order valence-corrected chi connectivity index (χ2v) is 4.32. The van der Waals surface area contributed by atoms with Gasteiger partial charge in [-0.1, -0.05) is 13.8 Å². The van der Waals surface area contributed by atoms with Gasteiger partial charge in [-0.25, -0.2) is 0 Å². The van der Waals surface area contributed by atoms with Gasteiger partial charge >= 0.3 is 5.97 Å². The number of carbonyl (C=O) groups excluding carboxylic acids is 2. The molecule has 0 aromatic heterocycles. The highest BCUT2D eigenvalue weighted by molar-refractivity contribution is 5.80. The van der Waals surface area contributed by atoms with E-state index in [1.165, 1.54) is 7.11 Å². The van der Waals surface area contributed by atoms with E-state index in [1.54, 1.807) is 0 Å². The van der Waals surface area contributed by atoms with Gasteiger partial charge in [0.25, 0.3) is 0 Å². The van der Waals surface area contributed by atoms with E-state index in [2.05, 4.69) is 18.6 Å². The van der Waals surface area contributed by atoms with Crippen LogP contribution in [0.5, 0.6) is 0 Å². The second kappa shape index (κ2) is 4.58. The summed E-state index contributed by atoms with van der Waals surface area (Å²) in [5.41, 5.74) is 0. The number of hydrogen-bond donors (Lipinski definition) is 0. The maximum absolute atomic E-state index is 11.3. The Labute approximate surface area is 84.8 Å². The van der Waals surface area contributed by atoms with Crippen LogP contribution in [0.1, 0.15) is 33.1 Å². The molecule has 3 nitrogen and oxygen atoms in total. The Hall–Kier alpha value is -0.860. The average molecular weight is 198 g/mol. The molecule has 0 N–H and O–H groups in total. The number of Topliss-reactive ketones (excluding diaryl/α,β-unsaturated/α-hetero) is 1. The molecule has 1 rings (SSSR count). The molecule has 0 unspecified atom stereocenters. The van der Waals surface area contributed by atoms with Gasteiger partial charge in [0.05, 0.1) is 7.11 Å². The molecule has 1 aliphatic carbocycles. The first-order valence-corrected chi connectivity index (χ1v) is 5.13. The fraction of sp³-hybridized carbons (Fsp3) is 0.818. The number of methoxy groups -OCH3 is 1. The van der Waals surface area contributed by atoms with Gasteiger partial charge in [-0.15, -0.1) is 0 Å². The first-order chi connectivity index (χ1) is 6.54. The van der Waals surface area contributed by atoms with Crippen molar-refractivity contribution in [3.05, 3.63) is 0 Å². The van der Waals surface area contributed by atoms with Gasteiger partial charge in [-0.3, -0.25) is 9.59 Å². The highest BCUT2D eigenvalue weighted by Crippen LogP contribution is 2.34. The predicted molar refractivity (Wildman–Crippen MR) is 52.7 cm³/mol. The standard InChI is InChI=1S/C11H18O3/c1-7-4-10(12)5-9(8(7)2)6-11(13)14-3/h7-9H,4-6H2,1-3H3/t7-,8+,9-/m1/s1. The minimum absolute atomic E-state index is 0.179. The third-order valence-corrected chi connectivity index (χ3v) is 3.34. The van der Waals surface area contributed by atoms with Crippen LogP contribution in [0, 0.1) is 17.8 Å². The molecule has 80 valence electrons. The van der Waals surface area contributed by atoms with Crippen molar-refractivity contribution in [3.63, 3.8) is 0 Å². The van der Waals surface area contributed by atoms with Crippen LogP contribution in [0.15, 0.2) is 0 Å². The molecule has 1 aliphatic rings. The molecule has 0 heterocycles. The van der Waals surface area contributed by atoms with Gasteiger partial charge in [0.2, 0.25) is 0 Å². The first-order valence-electron chi connectivity index (χ1n) is 5.13. The molecule has 0 aromatic rings. The van der Waals surface area contributed by atoms with Crippen LogP contribution >= 0.6 is 0 Å². The predicted octanol–water partition coefficient (Wildman–Crippen LogP) is 1.80. The monoisotopic (exact) mass is 198 g/mol. The molecule has 0 aliphatic heterocycles. The molecule has 3 atom stereocenters. The molecule has 1 fully saturated rings. The number of carbonyl (C=O) groups is 2. The molecule has 0 bridgehead atoms. The van der Waals surface area contributed by atoms with E-state index >= 15 is 0 Å². The summed E-state index contributed by atoms with van der Waals surface area (Å²) in [6.45, 7) is 4.19. The van der Waals surface area contributed by atoms with Gasteiger partial charge in [0.1, 0.15) is 5.78 Å². The number of esters is 1. The van der Waals surface area contributed by atoms with E-state index in [4.69, 9.17) is 0 Å². The van der Waals surface area contributed by atoms with E-state index in [0.29, 0.717) is 31.1 Å². The van der Waals surface area contributed by atoms with Crippen molar-refractivity contribution >= 4 is 11.8 Å². The smallest absolute Gasteiger partial charge is 0.305 e. The summed E-state index contributed by atoms with van der Waals surface area (Å²) in [5, 5.41) is 0. The largest absolute Gasteiger partial charge is 0.469 e. The van der Waals surface area contributed by atoms with Crippen molar-refractivity contribution in [3.8, 4) is 0 Å². The SMILES string of the molecule is COC(=O)C[C@H]1CC(=O)C[C@@H](C)[C@@H]1C. The van der Waals surface area contributed by atoms with E-state index in [0.717, 1.165) is 0 Å². The van der Waals surface area contributed by atoms with Crippen molar-refractivity contribution in [2.24, 2.45) is 17.8 Å². The normalized spacial score (nSPS) is 32.8. The summed E-state index contributed by atoms with van der Waals surface area (Å²) < 4.78 is 4.62. The lowest BCUT2D eigenvalue weighted by molar-refractivity contribution is -0.143. The summed E-state index contributed by atoms with van der Waals surface area (Å²) in [7, 11) is 1.39. The molecule has 0 saturated heterocycles. The van der Waals surface area contributed by atoms with Gasteiger partial charge in [-0.2, -0.15) is 0 Å². The number of ketones is 1. The van der Waals surface area contributed by atoms with Crippen molar-refractivity contribution < 1.29 is 14.3 Å². The van der Waals surface area contributed by atoms with Crippen molar-refractivity contribution in [1.29, 1.82) is 0 Å². The number of hydrogen-bond acceptors (Lipinski definition) is 3. The van der Waals surface area contributed by atoms with Gasteiger partial charge in [-0.05, 0) is 17.8 Å².